The first-order valence-corrected chi connectivity index (χ1v) is 16.4. The summed E-state index contributed by atoms with van der Waals surface area (Å²) in [5.74, 6) is 1.03. The van der Waals surface area contributed by atoms with E-state index in [4.69, 9.17) is 14.4 Å². The first-order valence-electron chi connectivity index (χ1n) is 16.4. The molecule has 0 radical (unpaired) electrons. The minimum atomic E-state index is -0.155. The van der Waals surface area contributed by atoms with Gasteiger partial charge in [-0.25, -0.2) is 9.97 Å². The van der Waals surface area contributed by atoms with Crippen molar-refractivity contribution in [1.29, 1.82) is 10.5 Å². The molecular weight excluding hydrogens is 621 g/mol. The van der Waals surface area contributed by atoms with E-state index in [2.05, 4.69) is 95.7 Å². The molecule has 0 N–H and O–H groups in total. The molecule has 4 heterocycles. The number of hydrogen-bond donors (Lipinski definition) is 0. The lowest BCUT2D eigenvalue weighted by molar-refractivity contribution is 0.655. The van der Waals surface area contributed by atoms with Gasteiger partial charge in [0.05, 0.1) is 22.3 Å². The molecule has 0 amide bonds. The lowest BCUT2D eigenvalue weighted by atomic mass is 9.88. The van der Waals surface area contributed by atoms with Crippen molar-refractivity contribution in [2.75, 3.05) is 0 Å². The highest BCUT2D eigenvalue weighted by Crippen LogP contribution is 2.42. The van der Waals surface area contributed by atoms with Gasteiger partial charge < -0.3 is 4.42 Å². The third-order valence-electron chi connectivity index (χ3n) is 8.97. The van der Waals surface area contributed by atoms with Crippen LogP contribution in [0.15, 0.2) is 101 Å². The molecule has 8 aromatic rings. The van der Waals surface area contributed by atoms with E-state index in [0.29, 0.717) is 17.0 Å². The van der Waals surface area contributed by atoms with Crippen LogP contribution in [0.5, 0.6) is 0 Å². The van der Waals surface area contributed by atoms with E-state index in [1.165, 1.54) is 22.3 Å². The lowest BCUT2D eigenvalue weighted by Crippen LogP contribution is -2.09. The minimum Gasteiger partial charge on any atom is -0.437 e. The van der Waals surface area contributed by atoms with E-state index in [1.54, 1.807) is 6.07 Å². The minimum absolute atomic E-state index is 0.124. The van der Waals surface area contributed by atoms with Crippen LogP contribution in [0.3, 0.4) is 0 Å². The van der Waals surface area contributed by atoms with Crippen molar-refractivity contribution in [3.63, 3.8) is 0 Å². The number of nitriles is 2. The van der Waals surface area contributed by atoms with Gasteiger partial charge >= 0.3 is 0 Å². The molecule has 0 unspecified atom stereocenters. The second-order valence-corrected chi connectivity index (χ2v) is 12.8. The maximum absolute atomic E-state index is 9.39. The van der Waals surface area contributed by atoms with Crippen molar-refractivity contribution >= 4 is 33.1 Å². The molecule has 0 saturated carbocycles. The molecule has 0 aliphatic heterocycles. The fourth-order valence-electron chi connectivity index (χ4n) is 6.62. The third-order valence-corrected chi connectivity index (χ3v) is 8.97. The second kappa shape index (κ2) is 12.1. The summed E-state index contributed by atoms with van der Waals surface area (Å²) in [6, 6.07) is 36.9. The highest BCUT2D eigenvalue weighted by molar-refractivity contribution is 6.09. The van der Waals surface area contributed by atoms with Crippen LogP contribution in [0.2, 0.25) is 0 Å². The van der Waals surface area contributed by atoms with Gasteiger partial charge in [0.1, 0.15) is 29.2 Å². The molecule has 9 heteroatoms. The number of furan rings is 1. The lowest BCUT2D eigenvalue weighted by Gasteiger charge is -2.24. The first-order chi connectivity index (χ1) is 24.3. The predicted molar refractivity (Wildman–Crippen MR) is 193 cm³/mol. The van der Waals surface area contributed by atoms with Gasteiger partial charge in [-0.05, 0) is 76.6 Å². The Kier molecular flexibility index (Phi) is 7.39. The van der Waals surface area contributed by atoms with E-state index >= 15 is 0 Å². The highest BCUT2D eigenvalue weighted by Gasteiger charge is 2.25. The Morgan fingerprint density at radius 1 is 0.640 bits per heavy atom. The van der Waals surface area contributed by atoms with Crippen LogP contribution in [0, 0.1) is 22.7 Å². The first kappa shape index (κ1) is 30.6. The van der Waals surface area contributed by atoms with Crippen LogP contribution >= 0.6 is 0 Å². The summed E-state index contributed by atoms with van der Waals surface area (Å²) in [5, 5.41) is 20.5. The van der Waals surface area contributed by atoms with Crippen LogP contribution in [0.25, 0.3) is 72.8 Å². The van der Waals surface area contributed by atoms with Gasteiger partial charge in [-0.3, -0.25) is 4.57 Å². The molecule has 0 aliphatic carbocycles. The molecule has 0 fully saturated rings. The van der Waals surface area contributed by atoms with Gasteiger partial charge in [0.15, 0.2) is 5.82 Å². The molecule has 4 aromatic heterocycles. The molecule has 0 spiro atoms. The van der Waals surface area contributed by atoms with Crippen molar-refractivity contribution in [2.45, 2.75) is 39.5 Å². The molecule has 9 nitrogen and oxygen atoms in total. The van der Waals surface area contributed by atoms with E-state index in [-0.39, 0.29) is 29.3 Å². The maximum Gasteiger partial charge on any atom is 0.236 e. The van der Waals surface area contributed by atoms with Gasteiger partial charge in [0, 0.05) is 10.8 Å². The maximum atomic E-state index is 9.39. The monoisotopic (exact) mass is 650 g/mol. The molecule has 50 heavy (non-hydrogen) atoms. The van der Waals surface area contributed by atoms with E-state index in [0.717, 1.165) is 38.9 Å². The van der Waals surface area contributed by atoms with Gasteiger partial charge in [0.2, 0.25) is 17.4 Å². The molecule has 240 valence electrons. The van der Waals surface area contributed by atoms with Crippen LogP contribution in [0.1, 0.15) is 62.3 Å². The Bertz CT molecular complexity index is 2630. The predicted octanol–water partition coefficient (Wildman–Crippen LogP) is 9.50. The van der Waals surface area contributed by atoms with Crippen molar-refractivity contribution in [1.82, 2.24) is 29.5 Å². The van der Waals surface area contributed by atoms with Crippen LogP contribution in [-0.4, -0.2) is 29.5 Å². The summed E-state index contributed by atoms with van der Waals surface area (Å²) in [7, 11) is 0. The molecule has 0 atom stereocenters. The zero-order chi connectivity index (χ0) is 34.5. The number of imidazole rings is 1. The molecule has 4 aromatic carbocycles. The second-order valence-electron chi connectivity index (χ2n) is 12.8. The number of para-hydroxylation sites is 3. The quantitative estimate of drug-likeness (QED) is 0.174. The van der Waals surface area contributed by atoms with E-state index < -0.39 is 0 Å². The van der Waals surface area contributed by atoms with Crippen LogP contribution in [0.4, 0.5) is 0 Å². The van der Waals surface area contributed by atoms with Gasteiger partial charge in [-0.1, -0.05) is 82.3 Å². The average molecular weight is 651 g/mol. The zero-order valence-electron chi connectivity index (χ0n) is 27.9. The normalized spacial score (nSPS) is 11.5. The Morgan fingerprint density at radius 2 is 1.32 bits per heavy atom. The van der Waals surface area contributed by atoms with E-state index in [1.807, 2.05) is 54.6 Å². The van der Waals surface area contributed by atoms with Crippen molar-refractivity contribution in [3.05, 3.63) is 120 Å². The Labute approximate surface area is 288 Å². The molecule has 0 bridgehead atoms. The summed E-state index contributed by atoms with van der Waals surface area (Å²) in [6.07, 6.45) is 0. The van der Waals surface area contributed by atoms with Crippen molar-refractivity contribution in [3.8, 4) is 51.9 Å². The van der Waals surface area contributed by atoms with Crippen LogP contribution < -0.4 is 0 Å². The van der Waals surface area contributed by atoms with E-state index in [9.17, 15) is 10.5 Å². The summed E-state index contributed by atoms with van der Waals surface area (Å²) < 4.78 is 8.87. The molecule has 0 aliphatic rings. The Morgan fingerprint density at radius 3 is 2.00 bits per heavy atom. The summed E-state index contributed by atoms with van der Waals surface area (Å²) >= 11 is 0. The average Bonchev–Trinajstić information content (AvgIpc) is 3.72. The number of aromatic nitrogens is 6. The fourth-order valence-corrected chi connectivity index (χ4v) is 6.62. The number of fused-ring (bicyclic) bond motifs is 4. The molecule has 8 rings (SSSR count). The Balaban J connectivity index is 1.39. The number of hydrogen-bond acceptors (Lipinski definition) is 8. The van der Waals surface area contributed by atoms with Gasteiger partial charge in [-0.2, -0.15) is 25.5 Å². The number of nitrogens with zero attached hydrogens (tertiary/aromatic N) is 8. The number of benzene rings is 4. The topological polar surface area (TPSA) is 130 Å². The van der Waals surface area contributed by atoms with Gasteiger partial charge in [-0.15, -0.1) is 0 Å². The number of rotatable bonds is 6. The van der Waals surface area contributed by atoms with Crippen molar-refractivity contribution in [2.24, 2.45) is 0 Å². The SMILES string of the molecule is CC(C)c1cc(-c2ccccc2)cc(C(C)C)c1-n1c(-c2cccc3c2oc2nc(-c4nc(C#N)nc(C#N)n4)ccc23)nc2ccccc21. The summed E-state index contributed by atoms with van der Waals surface area (Å²) in [6.45, 7) is 8.97. The summed E-state index contributed by atoms with van der Waals surface area (Å²) in [4.78, 5) is 22.2. The molecular formula is C41H30N8O. The Hall–Kier alpha value is -6.71. The summed E-state index contributed by atoms with van der Waals surface area (Å²) in [5.41, 5.74) is 10.1. The number of pyridine rings is 1. The van der Waals surface area contributed by atoms with Gasteiger partial charge in [0.25, 0.3) is 0 Å². The zero-order valence-corrected chi connectivity index (χ0v) is 27.9. The fraction of sp³-hybridized carbons (Fsp3) is 0.146. The third kappa shape index (κ3) is 5.04. The molecule has 0 saturated heterocycles. The van der Waals surface area contributed by atoms with Crippen LogP contribution in [-0.2, 0) is 0 Å². The highest BCUT2D eigenvalue weighted by atomic mass is 16.3. The smallest absolute Gasteiger partial charge is 0.236 e. The standard InChI is InChI=1S/C41H30N8O/c1-23(2)30-19-26(25-11-6-5-7-12-25)20-31(24(3)4)37(30)49-34-16-9-8-15-32(34)44-40(49)29-14-10-13-27-28-17-18-33(45-41(28)50-38(27)29)39-47-35(21-42)46-36(22-43)48-39/h5-20,23-24H,1-4H3. The largest absolute Gasteiger partial charge is 0.437 e. The van der Waals surface area contributed by atoms with Crippen molar-refractivity contribution < 1.29 is 4.42 Å².